The van der Waals surface area contributed by atoms with E-state index in [-0.39, 0.29) is 30.3 Å². The molecule has 4 rings (SSSR count). The molecule has 0 unspecified atom stereocenters. The highest BCUT2D eigenvalue weighted by Crippen LogP contribution is 2.33. The molecule has 1 N–H and O–H groups in total. The first-order chi connectivity index (χ1) is 16.0. The highest BCUT2D eigenvalue weighted by Gasteiger charge is 2.27. The third-order valence-electron chi connectivity index (χ3n) is 6.19. The molecule has 3 aromatic rings. The lowest BCUT2D eigenvalue weighted by molar-refractivity contribution is -0.143. The van der Waals surface area contributed by atoms with Crippen molar-refractivity contribution in [2.45, 2.75) is 56.5 Å². The second-order valence-electron chi connectivity index (χ2n) is 8.33. The van der Waals surface area contributed by atoms with Crippen molar-refractivity contribution in [3.63, 3.8) is 0 Å². The van der Waals surface area contributed by atoms with Gasteiger partial charge in [-0.2, -0.15) is 0 Å². The van der Waals surface area contributed by atoms with Crippen molar-refractivity contribution in [2.75, 3.05) is 12.9 Å². The molecular formula is C26H29FN2O3S. The van der Waals surface area contributed by atoms with Gasteiger partial charge >= 0.3 is 5.97 Å². The number of benzene rings is 2. The first-order valence-electron chi connectivity index (χ1n) is 11.4. The number of esters is 1. The van der Waals surface area contributed by atoms with Gasteiger partial charge < -0.3 is 14.6 Å². The minimum absolute atomic E-state index is 0.00576. The van der Waals surface area contributed by atoms with Crippen molar-refractivity contribution >= 4 is 34.5 Å². The Bertz CT molecular complexity index is 1160. The van der Waals surface area contributed by atoms with Crippen LogP contribution in [0.15, 0.2) is 47.4 Å². The van der Waals surface area contributed by atoms with Crippen LogP contribution in [0, 0.1) is 5.82 Å². The van der Waals surface area contributed by atoms with Crippen LogP contribution in [0.2, 0.25) is 0 Å². The SMILES string of the molecule is CCOC(=O)Cn1c2c(c3cc(F)ccc31)C[C@@H](NC(=O)CCc1ccc(SC)cc1)CC2. The summed E-state index contributed by atoms with van der Waals surface area (Å²) in [5, 5.41) is 3.97. The first-order valence-corrected chi connectivity index (χ1v) is 12.6. The highest BCUT2D eigenvalue weighted by molar-refractivity contribution is 7.98. The molecule has 1 amide bonds. The van der Waals surface area contributed by atoms with Crippen LogP contribution in [0.25, 0.3) is 10.9 Å². The van der Waals surface area contributed by atoms with Gasteiger partial charge in [0.25, 0.3) is 0 Å². The van der Waals surface area contributed by atoms with Gasteiger partial charge in [0.15, 0.2) is 0 Å². The van der Waals surface area contributed by atoms with Crippen molar-refractivity contribution in [1.29, 1.82) is 0 Å². The van der Waals surface area contributed by atoms with Gasteiger partial charge in [-0.3, -0.25) is 9.59 Å². The van der Waals surface area contributed by atoms with Crippen molar-refractivity contribution in [2.24, 2.45) is 0 Å². The van der Waals surface area contributed by atoms with Crippen LogP contribution in [0.5, 0.6) is 0 Å². The Hall–Kier alpha value is -2.80. The van der Waals surface area contributed by atoms with E-state index in [0.717, 1.165) is 34.1 Å². The number of hydrogen-bond donors (Lipinski definition) is 1. The van der Waals surface area contributed by atoms with Crippen LogP contribution < -0.4 is 5.32 Å². The lowest BCUT2D eigenvalue weighted by atomic mass is 9.91. The Morgan fingerprint density at radius 2 is 2.00 bits per heavy atom. The van der Waals surface area contributed by atoms with Crippen LogP contribution >= 0.6 is 11.8 Å². The third-order valence-corrected chi connectivity index (χ3v) is 6.93. The second kappa shape index (κ2) is 10.4. The van der Waals surface area contributed by atoms with Gasteiger partial charge in [-0.15, -0.1) is 11.8 Å². The van der Waals surface area contributed by atoms with Crippen molar-refractivity contribution in [1.82, 2.24) is 9.88 Å². The number of halogens is 1. The minimum Gasteiger partial charge on any atom is -0.465 e. The van der Waals surface area contributed by atoms with E-state index in [1.807, 2.05) is 10.8 Å². The molecule has 1 atom stereocenters. The Morgan fingerprint density at radius 1 is 1.21 bits per heavy atom. The minimum atomic E-state index is -0.308. The summed E-state index contributed by atoms with van der Waals surface area (Å²) in [6.45, 7) is 2.21. The Labute approximate surface area is 197 Å². The predicted octanol–water partition coefficient (Wildman–Crippen LogP) is 4.67. The second-order valence-corrected chi connectivity index (χ2v) is 9.21. The number of aromatic nitrogens is 1. The number of nitrogens with one attached hydrogen (secondary N) is 1. The summed E-state index contributed by atoms with van der Waals surface area (Å²) in [5.41, 5.74) is 4.02. The largest absolute Gasteiger partial charge is 0.465 e. The zero-order chi connectivity index (χ0) is 23.4. The summed E-state index contributed by atoms with van der Waals surface area (Å²) in [5.74, 6) is -0.585. The molecule has 0 aliphatic heterocycles. The maximum Gasteiger partial charge on any atom is 0.325 e. The molecule has 0 saturated heterocycles. The predicted molar refractivity (Wildman–Crippen MR) is 129 cm³/mol. The van der Waals surface area contributed by atoms with E-state index < -0.39 is 0 Å². The number of carbonyl (C=O) groups excluding carboxylic acids is 2. The van der Waals surface area contributed by atoms with Crippen LogP contribution in [-0.4, -0.2) is 35.3 Å². The molecule has 33 heavy (non-hydrogen) atoms. The van der Waals surface area contributed by atoms with Gasteiger partial charge in [-0.05, 0) is 80.3 Å². The number of aryl methyl sites for hydroxylation is 1. The van der Waals surface area contributed by atoms with Crippen LogP contribution in [0.3, 0.4) is 0 Å². The van der Waals surface area contributed by atoms with E-state index in [4.69, 9.17) is 4.74 Å². The van der Waals surface area contributed by atoms with Crippen LogP contribution in [-0.2, 0) is 40.1 Å². The van der Waals surface area contributed by atoms with E-state index in [0.29, 0.717) is 32.3 Å². The summed E-state index contributed by atoms with van der Waals surface area (Å²) in [4.78, 5) is 26.0. The monoisotopic (exact) mass is 468 g/mol. The molecule has 0 radical (unpaired) electrons. The first kappa shape index (κ1) is 23.4. The van der Waals surface area contributed by atoms with E-state index in [9.17, 15) is 14.0 Å². The van der Waals surface area contributed by atoms with Crippen molar-refractivity contribution in [3.05, 3.63) is 65.1 Å². The lowest BCUT2D eigenvalue weighted by Gasteiger charge is -2.25. The average molecular weight is 469 g/mol. The third kappa shape index (κ3) is 5.41. The molecule has 2 aromatic carbocycles. The van der Waals surface area contributed by atoms with Gasteiger partial charge in [0.2, 0.25) is 5.91 Å². The summed E-state index contributed by atoms with van der Waals surface area (Å²) in [6.07, 6.45) is 5.29. The number of rotatable bonds is 8. The molecule has 174 valence electrons. The molecule has 0 fully saturated rings. The lowest BCUT2D eigenvalue weighted by Crippen LogP contribution is -2.39. The maximum atomic E-state index is 14.0. The zero-order valence-electron chi connectivity index (χ0n) is 19.0. The fourth-order valence-electron chi connectivity index (χ4n) is 4.61. The van der Waals surface area contributed by atoms with Gasteiger partial charge in [-0.1, -0.05) is 12.1 Å². The number of thioether (sulfide) groups is 1. The van der Waals surface area contributed by atoms with Gasteiger partial charge in [-0.25, -0.2) is 4.39 Å². The molecule has 1 heterocycles. The number of amides is 1. The fourth-order valence-corrected chi connectivity index (χ4v) is 5.02. The van der Waals surface area contributed by atoms with E-state index >= 15 is 0 Å². The van der Waals surface area contributed by atoms with E-state index in [1.165, 1.54) is 17.0 Å². The maximum absolute atomic E-state index is 14.0. The number of fused-ring (bicyclic) bond motifs is 3. The number of ether oxygens (including phenoxy) is 1. The molecule has 5 nitrogen and oxygen atoms in total. The number of hydrogen-bond acceptors (Lipinski definition) is 4. The molecule has 1 aromatic heterocycles. The molecule has 1 aliphatic carbocycles. The van der Waals surface area contributed by atoms with E-state index in [1.54, 1.807) is 24.8 Å². The molecule has 0 spiro atoms. The average Bonchev–Trinajstić information content (AvgIpc) is 3.10. The molecule has 0 saturated carbocycles. The van der Waals surface area contributed by atoms with Crippen LogP contribution in [0.4, 0.5) is 4.39 Å². The topological polar surface area (TPSA) is 60.3 Å². The van der Waals surface area contributed by atoms with Gasteiger partial charge in [0.1, 0.15) is 12.4 Å². The van der Waals surface area contributed by atoms with Crippen molar-refractivity contribution < 1.29 is 18.7 Å². The fraction of sp³-hybridized carbons (Fsp3) is 0.385. The normalized spacial score (nSPS) is 15.3. The molecule has 1 aliphatic rings. The molecule has 0 bridgehead atoms. The van der Waals surface area contributed by atoms with Gasteiger partial charge in [0.05, 0.1) is 6.61 Å². The molecule has 7 heteroatoms. The van der Waals surface area contributed by atoms with Crippen molar-refractivity contribution in [3.8, 4) is 0 Å². The Morgan fingerprint density at radius 3 is 2.73 bits per heavy atom. The quantitative estimate of drug-likeness (QED) is 0.386. The van der Waals surface area contributed by atoms with Gasteiger partial charge in [0, 0.05) is 34.0 Å². The summed E-state index contributed by atoms with van der Waals surface area (Å²) < 4.78 is 21.1. The highest BCUT2D eigenvalue weighted by atomic mass is 32.2. The summed E-state index contributed by atoms with van der Waals surface area (Å²) >= 11 is 1.70. The van der Waals surface area contributed by atoms with Crippen LogP contribution in [0.1, 0.15) is 36.6 Å². The summed E-state index contributed by atoms with van der Waals surface area (Å²) in [7, 11) is 0. The summed E-state index contributed by atoms with van der Waals surface area (Å²) in [6, 6.07) is 12.9. The van der Waals surface area contributed by atoms with E-state index in [2.05, 4.69) is 29.6 Å². The standard InChI is InChI=1S/C26H29FN2O3S/c1-3-32-26(31)16-29-23-11-7-18(27)14-21(23)22-15-19(8-12-24(22)29)28-25(30)13-6-17-4-9-20(33-2)10-5-17/h4-5,7,9-11,14,19H,3,6,8,12-13,15-16H2,1-2H3,(H,28,30)/t19-/m0/s1. The smallest absolute Gasteiger partial charge is 0.325 e. The zero-order valence-corrected chi connectivity index (χ0v) is 19.8. The molecular weight excluding hydrogens is 439 g/mol. The number of carbonyl (C=O) groups is 2. The number of nitrogens with zero attached hydrogens (tertiary/aromatic N) is 1. The Balaban J connectivity index is 1.46. The Kier molecular flexibility index (Phi) is 7.38.